The van der Waals surface area contributed by atoms with Gasteiger partial charge >= 0.3 is 5.97 Å². The number of carbonyl (C=O) groups is 2. The first kappa shape index (κ1) is 15.9. The van der Waals surface area contributed by atoms with Gasteiger partial charge in [-0.05, 0) is 12.8 Å². The molecule has 0 aliphatic heterocycles. The van der Waals surface area contributed by atoms with Crippen LogP contribution in [0.15, 0.2) is 0 Å². The van der Waals surface area contributed by atoms with Crippen LogP contribution in [-0.4, -0.2) is 43.5 Å². The molecule has 0 heterocycles. The highest BCUT2D eigenvalue weighted by atomic mass is 16.5. The van der Waals surface area contributed by atoms with Gasteiger partial charge in [-0.3, -0.25) is 9.59 Å². The molecular formula is C12H24N2O3. The Bertz CT molecular complexity index is 244. The molecule has 5 nitrogen and oxygen atoms in total. The summed E-state index contributed by atoms with van der Waals surface area (Å²) in [5.41, 5.74) is 5.59. The Labute approximate surface area is 103 Å². The minimum absolute atomic E-state index is 0.0172. The Morgan fingerprint density at radius 1 is 1.29 bits per heavy atom. The molecule has 0 aromatic heterocycles. The Morgan fingerprint density at radius 3 is 2.35 bits per heavy atom. The maximum absolute atomic E-state index is 12.1. The summed E-state index contributed by atoms with van der Waals surface area (Å²) >= 11 is 0. The van der Waals surface area contributed by atoms with E-state index in [4.69, 9.17) is 5.73 Å². The second-order valence-electron chi connectivity index (χ2n) is 4.06. The van der Waals surface area contributed by atoms with Gasteiger partial charge in [0, 0.05) is 13.1 Å². The van der Waals surface area contributed by atoms with Gasteiger partial charge in [-0.25, -0.2) is 0 Å². The molecule has 0 radical (unpaired) electrons. The van der Waals surface area contributed by atoms with Gasteiger partial charge in [0.1, 0.15) is 6.54 Å². The van der Waals surface area contributed by atoms with Crippen LogP contribution in [0.5, 0.6) is 0 Å². The van der Waals surface area contributed by atoms with Crippen LogP contribution < -0.4 is 5.73 Å². The van der Waals surface area contributed by atoms with Crippen molar-refractivity contribution in [3.8, 4) is 0 Å². The van der Waals surface area contributed by atoms with Gasteiger partial charge < -0.3 is 15.4 Å². The third-order valence-corrected chi connectivity index (χ3v) is 2.62. The van der Waals surface area contributed by atoms with Crippen molar-refractivity contribution >= 4 is 11.9 Å². The third kappa shape index (κ3) is 5.68. The molecule has 1 unspecified atom stereocenters. The number of hydrogen-bond acceptors (Lipinski definition) is 4. The van der Waals surface area contributed by atoms with E-state index in [2.05, 4.69) is 4.74 Å². The number of nitrogens with two attached hydrogens (primary N) is 1. The first-order chi connectivity index (χ1) is 8.10. The summed E-state index contributed by atoms with van der Waals surface area (Å²) in [6, 6.07) is 0. The predicted octanol–water partition coefficient (Wildman–Crippen LogP) is 0.773. The molecule has 100 valence electrons. The molecule has 2 N–H and O–H groups in total. The third-order valence-electron chi connectivity index (χ3n) is 2.62. The molecule has 0 bridgehead atoms. The molecule has 1 atom stereocenters. The second kappa shape index (κ2) is 8.98. The van der Waals surface area contributed by atoms with Crippen LogP contribution in [-0.2, 0) is 14.3 Å². The van der Waals surface area contributed by atoms with Crippen LogP contribution in [0.4, 0.5) is 0 Å². The largest absolute Gasteiger partial charge is 0.468 e. The summed E-state index contributed by atoms with van der Waals surface area (Å²) in [4.78, 5) is 24.9. The number of amides is 1. The first-order valence-electron chi connectivity index (χ1n) is 6.16. The minimum atomic E-state index is -0.390. The van der Waals surface area contributed by atoms with Crippen LogP contribution in [0.2, 0.25) is 0 Å². The number of hydrogen-bond donors (Lipinski definition) is 1. The predicted molar refractivity (Wildman–Crippen MR) is 66.3 cm³/mol. The van der Waals surface area contributed by atoms with Gasteiger partial charge in [0.05, 0.1) is 13.0 Å². The summed E-state index contributed by atoms with van der Waals surface area (Å²) in [6.45, 7) is 4.89. The van der Waals surface area contributed by atoms with E-state index < -0.39 is 0 Å². The molecule has 0 rings (SSSR count). The molecule has 17 heavy (non-hydrogen) atoms. The molecule has 1 amide bonds. The zero-order chi connectivity index (χ0) is 13.3. The van der Waals surface area contributed by atoms with Crippen LogP contribution in [0.1, 0.15) is 33.1 Å². The van der Waals surface area contributed by atoms with Crippen molar-refractivity contribution in [1.82, 2.24) is 4.90 Å². The number of ether oxygens (including phenoxy) is 1. The lowest BCUT2D eigenvalue weighted by Gasteiger charge is -2.25. The fourth-order valence-electron chi connectivity index (χ4n) is 1.71. The molecule has 0 fully saturated rings. The van der Waals surface area contributed by atoms with E-state index in [0.717, 1.165) is 19.3 Å². The zero-order valence-electron chi connectivity index (χ0n) is 11.1. The van der Waals surface area contributed by atoms with E-state index in [9.17, 15) is 9.59 Å². The summed E-state index contributed by atoms with van der Waals surface area (Å²) in [5, 5.41) is 0. The monoisotopic (exact) mass is 244 g/mol. The van der Waals surface area contributed by atoms with Crippen molar-refractivity contribution in [3.05, 3.63) is 0 Å². The number of nitrogens with zero attached hydrogens (tertiary/aromatic N) is 1. The van der Waals surface area contributed by atoms with E-state index in [-0.39, 0.29) is 24.3 Å². The van der Waals surface area contributed by atoms with Crippen LogP contribution in [0, 0.1) is 5.92 Å². The average molecular weight is 244 g/mol. The Kier molecular flexibility index (Phi) is 8.40. The van der Waals surface area contributed by atoms with Gasteiger partial charge in [0.25, 0.3) is 0 Å². The Balaban J connectivity index is 4.55. The smallest absolute Gasteiger partial charge is 0.325 e. The SMILES string of the molecule is CCCC(CN)C(=O)N(CCC)CC(=O)OC. The molecule has 0 aromatic carbocycles. The molecule has 0 aromatic rings. The van der Waals surface area contributed by atoms with Crippen LogP contribution >= 0.6 is 0 Å². The maximum atomic E-state index is 12.1. The lowest BCUT2D eigenvalue weighted by Crippen LogP contribution is -2.42. The van der Waals surface area contributed by atoms with Gasteiger partial charge in [-0.2, -0.15) is 0 Å². The highest BCUT2D eigenvalue weighted by Crippen LogP contribution is 2.10. The van der Waals surface area contributed by atoms with Gasteiger partial charge in [0.15, 0.2) is 0 Å². The number of methoxy groups -OCH3 is 1. The second-order valence-corrected chi connectivity index (χ2v) is 4.06. The Hall–Kier alpha value is -1.10. The fourth-order valence-corrected chi connectivity index (χ4v) is 1.71. The number of rotatable bonds is 8. The molecule has 0 spiro atoms. The van der Waals surface area contributed by atoms with Gasteiger partial charge in [-0.1, -0.05) is 20.3 Å². The highest BCUT2D eigenvalue weighted by Gasteiger charge is 2.23. The molecule has 0 aliphatic carbocycles. The average Bonchev–Trinajstić information content (AvgIpc) is 2.34. The molecule has 5 heteroatoms. The van der Waals surface area contributed by atoms with E-state index >= 15 is 0 Å². The van der Waals surface area contributed by atoms with Gasteiger partial charge in [0.2, 0.25) is 5.91 Å². The lowest BCUT2D eigenvalue weighted by molar-refractivity contribution is -0.148. The quantitative estimate of drug-likeness (QED) is 0.640. The van der Waals surface area contributed by atoms with E-state index in [0.29, 0.717) is 13.1 Å². The zero-order valence-corrected chi connectivity index (χ0v) is 11.1. The summed E-state index contributed by atoms with van der Waals surface area (Å²) in [6.07, 6.45) is 2.48. The lowest BCUT2D eigenvalue weighted by atomic mass is 10.0. The van der Waals surface area contributed by atoms with Gasteiger partial charge in [-0.15, -0.1) is 0 Å². The van der Waals surface area contributed by atoms with Crippen LogP contribution in [0.3, 0.4) is 0 Å². The van der Waals surface area contributed by atoms with Crippen LogP contribution in [0.25, 0.3) is 0 Å². The summed E-state index contributed by atoms with van der Waals surface area (Å²) in [7, 11) is 1.32. The minimum Gasteiger partial charge on any atom is -0.468 e. The van der Waals surface area contributed by atoms with Crippen molar-refractivity contribution in [1.29, 1.82) is 0 Å². The number of carbonyl (C=O) groups excluding carboxylic acids is 2. The summed E-state index contributed by atoms with van der Waals surface area (Å²) in [5.74, 6) is -0.614. The molecule has 0 saturated heterocycles. The maximum Gasteiger partial charge on any atom is 0.325 e. The van der Waals surface area contributed by atoms with E-state index in [1.807, 2.05) is 13.8 Å². The highest BCUT2D eigenvalue weighted by molar-refractivity contribution is 5.83. The molecule has 0 aliphatic rings. The normalized spacial score (nSPS) is 12.0. The first-order valence-corrected chi connectivity index (χ1v) is 6.16. The van der Waals surface area contributed by atoms with Crippen molar-refractivity contribution in [2.24, 2.45) is 11.7 Å². The topological polar surface area (TPSA) is 72.6 Å². The van der Waals surface area contributed by atoms with E-state index in [1.165, 1.54) is 7.11 Å². The fraction of sp³-hybridized carbons (Fsp3) is 0.833. The van der Waals surface area contributed by atoms with Crippen molar-refractivity contribution in [2.45, 2.75) is 33.1 Å². The molecular weight excluding hydrogens is 220 g/mol. The Morgan fingerprint density at radius 2 is 1.94 bits per heavy atom. The van der Waals surface area contributed by atoms with Crippen molar-refractivity contribution in [2.75, 3.05) is 26.7 Å². The van der Waals surface area contributed by atoms with E-state index in [1.54, 1.807) is 4.90 Å². The number of esters is 1. The standard InChI is InChI=1S/C12H24N2O3/c1-4-6-10(8-13)12(16)14(7-5-2)9-11(15)17-3/h10H,4-9,13H2,1-3H3. The summed E-state index contributed by atoms with van der Waals surface area (Å²) < 4.78 is 4.59. The van der Waals surface area contributed by atoms with Crippen molar-refractivity contribution < 1.29 is 14.3 Å². The van der Waals surface area contributed by atoms with Crippen molar-refractivity contribution in [3.63, 3.8) is 0 Å². The molecule has 0 saturated carbocycles.